The molecular formula is C24H32N2O4. The van der Waals surface area contributed by atoms with Gasteiger partial charge in [0.25, 0.3) is 0 Å². The molecule has 2 aromatic rings. The predicted octanol–water partition coefficient (Wildman–Crippen LogP) is 4.66. The third kappa shape index (κ3) is 7.43. The van der Waals surface area contributed by atoms with Crippen molar-refractivity contribution in [2.45, 2.75) is 46.0 Å². The van der Waals surface area contributed by atoms with Gasteiger partial charge in [-0.25, -0.2) is 5.43 Å². The molecule has 2 rings (SSSR count). The first kappa shape index (κ1) is 23.3. The van der Waals surface area contributed by atoms with Gasteiger partial charge in [-0.15, -0.1) is 0 Å². The lowest BCUT2D eigenvalue weighted by Gasteiger charge is -2.10. The fourth-order valence-corrected chi connectivity index (χ4v) is 2.96. The van der Waals surface area contributed by atoms with Crippen LogP contribution in [0.5, 0.6) is 17.2 Å². The Bertz CT molecular complexity index is 849. The van der Waals surface area contributed by atoms with Crippen LogP contribution in [0.25, 0.3) is 0 Å². The molecule has 6 nitrogen and oxygen atoms in total. The van der Waals surface area contributed by atoms with Crippen molar-refractivity contribution in [2.24, 2.45) is 5.10 Å². The van der Waals surface area contributed by atoms with Crippen LogP contribution in [-0.2, 0) is 11.2 Å². The summed E-state index contributed by atoms with van der Waals surface area (Å²) in [6, 6.07) is 11.6. The van der Waals surface area contributed by atoms with Gasteiger partial charge in [-0.2, -0.15) is 5.10 Å². The zero-order valence-electron chi connectivity index (χ0n) is 18.4. The molecule has 0 saturated carbocycles. The second-order valence-corrected chi connectivity index (χ2v) is 7.05. The Labute approximate surface area is 179 Å². The Hall–Kier alpha value is -3.02. The minimum absolute atomic E-state index is 0.108. The minimum Gasteiger partial charge on any atom is -0.497 e. The molecule has 0 aliphatic rings. The topological polar surface area (TPSA) is 69.2 Å². The molecule has 0 unspecified atom stereocenters. The Kier molecular flexibility index (Phi) is 9.71. The van der Waals surface area contributed by atoms with Crippen LogP contribution in [-0.4, -0.2) is 32.9 Å². The highest BCUT2D eigenvalue weighted by molar-refractivity contribution is 5.83. The van der Waals surface area contributed by atoms with E-state index < -0.39 is 0 Å². The van der Waals surface area contributed by atoms with E-state index in [1.165, 1.54) is 11.1 Å². The molecular weight excluding hydrogens is 380 g/mol. The summed E-state index contributed by atoms with van der Waals surface area (Å²) < 4.78 is 16.3. The maximum atomic E-state index is 12.0. The largest absolute Gasteiger partial charge is 0.497 e. The van der Waals surface area contributed by atoms with Gasteiger partial charge in [0, 0.05) is 6.42 Å². The van der Waals surface area contributed by atoms with Crippen LogP contribution < -0.4 is 19.6 Å². The van der Waals surface area contributed by atoms with E-state index in [-0.39, 0.29) is 5.91 Å². The van der Waals surface area contributed by atoms with E-state index >= 15 is 0 Å². The van der Waals surface area contributed by atoms with Crippen molar-refractivity contribution in [2.75, 3.05) is 20.8 Å². The zero-order chi connectivity index (χ0) is 21.8. The number of nitrogens with one attached hydrogen (secondary N) is 1. The van der Waals surface area contributed by atoms with Crippen LogP contribution in [0.3, 0.4) is 0 Å². The molecule has 0 atom stereocenters. The van der Waals surface area contributed by atoms with Crippen LogP contribution in [0.4, 0.5) is 0 Å². The molecule has 162 valence electrons. The second-order valence-electron chi connectivity index (χ2n) is 7.05. The second kappa shape index (κ2) is 12.5. The summed E-state index contributed by atoms with van der Waals surface area (Å²) in [5, 5.41) is 4.05. The molecule has 0 aromatic heterocycles. The average Bonchev–Trinajstić information content (AvgIpc) is 2.75. The fourth-order valence-electron chi connectivity index (χ4n) is 2.96. The number of nitrogens with zero attached hydrogens (tertiary/aromatic N) is 1. The highest BCUT2D eigenvalue weighted by Crippen LogP contribution is 2.27. The van der Waals surface area contributed by atoms with Crippen LogP contribution in [0.2, 0.25) is 0 Å². The van der Waals surface area contributed by atoms with Crippen molar-refractivity contribution in [1.82, 2.24) is 5.43 Å². The number of rotatable bonds is 12. The van der Waals surface area contributed by atoms with Crippen molar-refractivity contribution >= 4 is 12.1 Å². The first-order valence-electron chi connectivity index (χ1n) is 10.3. The van der Waals surface area contributed by atoms with E-state index in [1.54, 1.807) is 20.4 Å². The quantitative estimate of drug-likeness (QED) is 0.313. The fraction of sp³-hybridized carbons (Fsp3) is 0.417. The lowest BCUT2D eigenvalue weighted by Crippen LogP contribution is -2.17. The Balaban J connectivity index is 1.79. The molecule has 0 aliphatic heterocycles. The molecule has 1 N–H and O–H groups in total. The van der Waals surface area contributed by atoms with E-state index in [1.807, 2.05) is 36.4 Å². The first-order chi connectivity index (χ1) is 14.6. The van der Waals surface area contributed by atoms with E-state index in [2.05, 4.69) is 24.4 Å². The van der Waals surface area contributed by atoms with Crippen LogP contribution in [0, 0.1) is 6.92 Å². The van der Waals surface area contributed by atoms with Gasteiger partial charge in [-0.05, 0) is 73.2 Å². The number of carbonyl (C=O) groups is 1. The molecule has 2 aromatic carbocycles. The standard InChI is InChI=1S/C24H32N2O4/c1-5-6-14-30-22-13-10-19(16-23(22)29-4)17-25-26-24(27)9-7-8-20-11-12-21(28-3)15-18(20)2/h10-13,15-17H,5-9,14H2,1-4H3,(H,26,27)/b25-17-. The molecule has 0 spiro atoms. The maximum Gasteiger partial charge on any atom is 0.240 e. The summed E-state index contributed by atoms with van der Waals surface area (Å²) in [5.41, 5.74) is 5.80. The van der Waals surface area contributed by atoms with Gasteiger partial charge in [0.1, 0.15) is 5.75 Å². The number of unbranched alkanes of at least 4 members (excludes halogenated alkanes) is 1. The summed E-state index contributed by atoms with van der Waals surface area (Å²) in [4.78, 5) is 12.0. The minimum atomic E-state index is -0.108. The van der Waals surface area contributed by atoms with Gasteiger partial charge in [0.05, 0.1) is 27.0 Å². The summed E-state index contributed by atoms with van der Waals surface area (Å²) in [5.74, 6) is 2.10. The highest BCUT2D eigenvalue weighted by Gasteiger charge is 2.06. The van der Waals surface area contributed by atoms with Crippen molar-refractivity contribution < 1.29 is 19.0 Å². The monoisotopic (exact) mass is 412 g/mol. The number of amides is 1. The van der Waals surface area contributed by atoms with E-state index in [0.29, 0.717) is 24.5 Å². The molecule has 0 heterocycles. The number of hydrogen-bond donors (Lipinski definition) is 1. The van der Waals surface area contributed by atoms with Crippen LogP contribution in [0.1, 0.15) is 49.3 Å². The molecule has 0 fully saturated rings. The van der Waals surface area contributed by atoms with Crippen molar-refractivity contribution in [3.05, 3.63) is 53.1 Å². The first-order valence-corrected chi connectivity index (χ1v) is 10.3. The van der Waals surface area contributed by atoms with E-state index in [4.69, 9.17) is 14.2 Å². The normalized spacial score (nSPS) is 10.8. The highest BCUT2D eigenvalue weighted by atomic mass is 16.5. The summed E-state index contributed by atoms with van der Waals surface area (Å²) in [7, 11) is 3.26. The number of carbonyl (C=O) groups excluding carboxylic acids is 1. The van der Waals surface area contributed by atoms with Gasteiger partial charge in [-0.3, -0.25) is 4.79 Å². The number of ether oxygens (including phenoxy) is 3. The summed E-state index contributed by atoms with van der Waals surface area (Å²) >= 11 is 0. The van der Waals surface area contributed by atoms with E-state index in [0.717, 1.165) is 37.0 Å². The zero-order valence-corrected chi connectivity index (χ0v) is 18.4. The Morgan fingerprint density at radius 1 is 1.07 bits per heavy atom. The molecule has 0 bridgehead atoms. The van der Waals surface area contributed by atoms with Crippen molar-refractivity contribution in [3.63, 3.8) is 0 Å². The van der Waals surface area contributed by atoms with Gasteiger partial charge in [-0.1, -0.05) is 19.4 Å². The number of benzene rings is 2. The number of aryl methyl sites for hydroxylation is 2. The molecule has 0 radical (unpaired) electrons. The van der Waals surface area contributed by atoms with Crippen LogP contribution >= 0.6 is 0 Å². The van der Waals surface area contributed by atoms with Gasteiger partial charge in [0.2, 0.25) is 5.91 Å². The lowest BCUT2D eigenvalue weighted by atomic mass is 10.0. The number of methoxy groups -OCH3 is 2. The maximum absolute atomic E-state index is 12.0. The number of hydrazone groups is 1. The van der Waals surface area contributed by atoms with Crippen molar-refractivity contribution in [1.29, 1.82) is 0 Å². The molecule has 6 heteroatoms. The SMILES string of the molecule is CCCCOc1ccc(/C=N\NC(=O)CCCc2ccc(OC)cc2C)cc1OC. The van der Waals surface area contributed by atoms with Crippen molar-refractivity contribution in [3.8, 4) is 17.2 Å². The predicted molar refractivity (Wildman–Crippen MR) is 120 cm³/mol. The average molecular weight is 413 g/mol. The van der Waals surface area contributed by atoms with E-state index in [9.17, 15) is 4.79 Å². The lowest BCUT2D eigenvalue weighted by molar-refractivity contribution is -0.121. The number of hydrogen-bond acceptors (Lipinski definition) is 5. The van der Waals surface area contributed by atoms with Gasteiger partial charge < -0.3 is 14.2 Å². The summed E-state index contributed by atoms with van der Waals surface area (Å²) in [6.07, 6.45) is 5.68. The molecule has 0 saturated heterocycles. The third-order valence-electron chi connectivity index (χ3n) is 4.75. The molecule has 30 heavy (non-hydrogen) atoms. The Morgan fingerprint density at radius 3 is 2.60 bits per heavy atom. The smallest absolute Gasteiger partial charge is 0.240 e. The van der Waals surface area contributed by atoms with Crippen LogP contribution in [0.15, 0.2) is 41.5 Å². The molecule has 0 aliphatic carbocycles. The molecule has 1 amide bonds. The third-order valence-corrected chi connectivity index (χ3v) is 4.75. The van der Waals surface area contributed by atoms with Gasteiger partial charge in [0.15, 0.2) is 11.5 Å². The Morgan fingerprint density at radius 2 is 1.90 bits per heavy atom. The van der Waals surface area contributed by atoms with Gasteiger partial charge >= 0.3 is 0 Å². The summed E-state index contributed by atoms with van der Waals surface area (Å²) in [6.45, 7) is 4.83.